The molecule has 2 aromatic heterocycles. The number of rotatable bonds is 4. The van der Waals surface area contributed by atoms with Gasteiger partial charge in [0.1, 0.15) is 12.1 Å². The number of hydrazine groups is 1. The normalized spacial score (nSPS) is 10.7. The number of carbonyl (C=O) groups is 1. The van der Waals surface area contributed by atoms with E-state index in [1.54, 1.807) is 35.1 Å². The van der Waals surface area contributed by atoms with Crippen molar-refractivity contribution in [2.24, 2.45) is 0 Å². The first-order valence-electron chi connectivity index (χ1n) is 7.92. The van der Waals surface area contributed by atoms with E-state index in [1.807, 2.05) is 12.1 Å². The first-order chi connectivity index (χ1) is 13.1. The molecule has 0 saturated heterocycles. The van der Waals surface area contributed by atoms with E-state index in [4.69, 9.17) is 11.6 Å². The molecule has 0 aliphatic rings. The largest absolute Gasteiger partial charge is 0.507 e. The standard InChI is InChI=1S/C18H13ClN6O2/c19-11-5-7-12(8-6-11)25-17-14(9-22-25)16(20-10-21-17)23-24-18(27)13-3-1-2-4-15(13)26/h1-10,26H,(H,24,27)(H,20,21,23). The summed E-state index contributed by atoms with van der Waals surface area (Å²) in [6, 6.07) is 13.4. The van der Waals surface area contributed by atoms with Gasteiger partial charge in [-0.05, 0) is 36.4 Å². The van der Waals surface area contributed by atoms with Gasteiger partial charge in [0.05, 0.1) is 22.8 Å². The average molecular weight is 381 g/mol. The summed E-state index contributed by atoms with van der Waals surface area (Å²) in [4.78, 5) is 20.6. The molecule has 8 nitrogen and oxygen atoms in total. The first-order valence-corrected chi connectivity index (χ1v) is 8.30. The smallest absolute Gasteiger partial charge is 0.273 e. The van der Waals surface area contributed by atoms with Crippen LogP contribution in [-0.2, 0) is 0 Å². The molecule has 0 bridgehead atoms. The molecular formula is C18H13ClN6O2. The maximum atomic E-state index is 12.2. The molecule has 1 amide bonds. The number of aromatic hydroxyl groups is 1. The van der Waals surface area contributed by atoms with Crippen LogP contribution in [0.3, 0.4) is 0 Å². The molecule has 3 N–H and O–H groups in total. The fourth-order valence-corrected chi connectivity index (χ4v) is 2.69. The van der Waals surface area contributed by atoms with Gasteiger partial charge in [-0.2, -0.15) is 5.10 Å². The van der Waals surface area contributed by atoms with Crippen LogP contribution >= 0.6 is 11.6 Å². The minimum atomic E-state index is -0.495. The Morgan fingerprint density at radius 1 is 1.07 bits per heavy atom. The third kappa shape index (κ3) is 3.25. The summed E-state index contributed by atoms with van der Waals surface area (Å²) in [5.74, 6) is -0.228. The van der Waals surface area contributed by atoms with E-state index in [1.165, 1.54) is 18.5 Å². The lowest BCUT2D eigenvalue weighted by molar-refractivity contribution is 0.0960. The predicted octanol–water partition coefficient (Wildman–Crippen LogP) is 2.93. The Labute approximate surface area is 158 Å². The van der Waals surface area contributed by atoms with Crippen molar-refractivity contribution in [3.8, 4) is 11.4 Å². The van der Waals surface area contributed by atoms with Crippen molar-refractivity contribution in [3.05, 3.63) is 71.6 Å². The van der Waals surface area contributed by atoms with Crippen molar-refractivity contribution in [2.45, 2.75) is 0 Å². The van der Waals surface area contributed by atoms with Crippen LogP contribution in [0.15, 0.2) is 61.1 Å². The van der Waals surface area contributed by atoms with Crippen molar-refractivity contribution < 1.29 is 9.90 Å². The number of phenolic OH excluding ortho intramolecular Hbond substituents is 1. The van der Waals surface area contributed by atoms with Crippen molar-refractivity contribution in [1.29, 1.82) is 0 Å². The number of nitrogens with one attached hydrogen (secondary N) is 2. The first kappa shape index (κ1) is 16.8. The molecule has 134 valence electrons. The number of amides is 1. The summed E-state index contributed by atoms with van der Waals surface area (Å²) in [5, 5.41) is 15.3. The van der Waals surface area contributed by atoms with E-state index in [2.05, 4.69) is 25.9 Å². The molecule has 2 heterocycles. The molecule has 4 rings (SSSR count). The Morgan fingerprint density at radius 3 is 2.63 bits per heavy atom. The van der Waals surface area contributed by atoms with Gasteiger partial charge in [-0.15, -0.1) is 0 Å². The fraction of sp³-hybridized carbons (Fsp3) is 0. The van der Waals surface area contributed by atoms with Crippen LogP contribution in [-0.4, -0.2) is 30.8 Å². The second kappa shape index (κ2) is 6.93. The SMILES string of the molecule is O=C(NNc1ncnc2c1cnn2-c1ccc(Cl)cc1)c1ccccc1O. The molecule has 9 heteroatoms. The Morgan fingerprint density at radius 2 is 1.85 bits per heavy atom. The number of benzene rings is 2. The number of aromatic nitrogens is 4. The number of halogens is 1. The number of para-hydroxylation sites is 1. The number of phenols is 1. The topological polar surface area (TPSA) is 105 Å². The van der Waals surface area contributed by atoms with Crippen LogP contribution in [0.25, 0.3) is 16.7 Å². The van der Waals surface area contributed by atoms with Crippen LogP contribution < -0.4 is 10.9 Å². The van der Waals surface area contributed by atoms with Gasteiger partial charge in [-0.25, -0.2) is 14.6 Å². The maximum absolute atomic E-state index is 12.2. The van der Waals surface area contributed by atoms with Crippen molar-refractivity contribution in [2.75, 3.05) is 5.43 Å². The molecule has 0 fully saturated rings. The zero-order valence-corrected chi connectivity index (χ0v) is 14.6. The van der Waals surface area contributed by atoms with Crippen LogP contribution in [0.1, 0.15) is 10.4 Å². The monoisotopic (exact) mass is 380 g/mol. The van der Waals surface area contributed by atoms with E-state index < -0.39 is 5.91 Å². The Kier molecular flexibility index (Phi) is 4.31. The molecule has 0 aliphatic carbocycles. The Bertz CT molecular complexity index is 1130. The van der Waals surface area contributed by atoms with Gasteiger partial charge in [0.2, 0.25) is 0 Å². The number of carbonyl (C=O) groups excluding carboxylic acids is 1. The highest BCUT2D eigenvalue weighted by Gasteiger charge is 2.13. The van der Waals surface area contributed by atoms with Gasteiger partial charge in [0, 0.05) is 5.02 Å². The van der Waals surface area contributed by atoms with Crippen molar-refractivity contribution in [1.82, 2.24) is 25.2 Å². The van der Waals surface area contributed by atoms with E-state index >= 15 is 0 Å². The summed E-state index contributed by atoms with van der Waals surface area (Å²) in [5.41, 5.74) is 6.76. The molecule has 4 aromatic rings. The molecule has 0 saturated carbocycles. The zero-order chi connectivity index (χ0) is 18.8. The predicted molar refractivity (Wildman–Crippen MR) is 101 cm³/mol. The number of fused-ring (bicyclic) bond motifs is 1. The Balaban J connectivity index is 1.61. The summed E-state index contributed by atoms with van der Waals surface area (Å²) in [6.45, 7) is 0. The molecular weight excluding hydrogens is 368 g/mol. The van der Waals surface area contributed by atoms with Gasteiger partial charge in [-0.3, -0.25) is 15.6 Å². The molecule has 0 unspecified atom stereocenters. The summed E-state index contributed by atoms with van der Waals surface area (Å²) < 4.78 is 1.64. The lowest BCUT2D eigenvalue weighted by atomic mass is 10.2. The van der Waals surface area contributed by atoms with E-state index in [-0.39, 0.29) is 11.3 Å². The number of hydrogen-bond acceptors (Lipinski definition) is 6. The van der Waals surface area contributed by atoms with Gasteiger partial charge in [0.15, 0.2) is 11.5 Å². The van der Waals surface area contributed by atoms with E-state index in [0.29, 0.717) is 21.9 Å². The second-order valence-corrected chi connectivity index (χ2v) is 6.03. The van der Waals surface area contributed by atoms with E-state index in [9.17, 15) is 9.90 Å². The number of nitrogens with zero attached hydrogens (tertiary/aromatic N) is 4. The van der Waals surface area contributed by atoms with Crippen molar-refractivity contribution >= 4 is 34.4 Å². The van der Waals surface area contributed by atoms with Crippen LogP contribution in [0.4, 0.5) is 5.82 Å². The van der Waals surface area contributed by atoms with Crippen LogP contribution in [0, 0.1) is 0 Å². The summed E-state index contributed by atoms with van der Waals surface area (Å²) in [6.07, 6.45) is 2.96. The molecule has 0 atom stereocenters. The minimum Gasteiger partial charge on any atom is -0.507 e. The lowest BCUT2D eigenvalue weighted by Gasteiger charge is -2.09. The average Bonchev–Trinajstić information content (AvgIpc) is 3.12. The summed E-state index contributed by atoms with van der Waals surface area (Å²) >= 11 is 5.93. The molecule has 2 aromatic carbocycles. The third-order valence-electron chi connectivity index (χ3n) is 3.88. The Hall–Kier alpha value is -3.65. The van der Waals surface area contributed by atoms with Gasteiger partial charge in [0.25, 0.3) is 5.91 Å². The van der Waals surface area contributed by atoms with Gasteiger partial charge in [-0.1, -0.05) is 23.7 Å². The highest BCUT2D eigenvalue weighted by molar-refractivity contribution is 6.30. The zero-order valence-electron chi connectivity index (χ0n) is 13.8. The number of hydrogen-bond donors (Lipinski definition) is 3. The summed E-state index contributed by atoms with van der Waals surface area (Å²) in [7, 11) is 0. The lowest BCUT2D eigenvalue weighted by Crippen LogP contribution is -2.30. The van der Waals surface area contributed by atoms with Gasteiger partial charge < -0.3 is 5.11 Å². The van der Waals surface area contributed by atoms with Crippen LogP contribution in [0.5, 0.6) is 5.75 Å². The fourth-order valence-electron chi connectivity index (χ4n) is 2.56. The van der Waals surface area contributed by atoms with E-state index in [0.717, 1.165) is 5.69 Å². The molecule has 0 spiro atoms. The maximum Gasteiger partial charge on any atom is 0.273 e. The number of anilines is 1. The van der Waals surface area contributed by atoms with Crippen molar-refractivity contribution in [3.63, 3.8) is 0 Å². The van der Waals surface area contributed by atoms with Crippen LogP contribution in [0.2, 0.25) is 5.02 Å². The molecule has 0 radical (unpaired) electrons. The highest BCUT2D eigenvalue weighted by Crippen LogP contribution is 2.22. The molecule has 0 aliphatic heterocycles. The molecule has 27 heavy (non-hydrogen) atoms. The quantitative estimate of drug-likeness (QED) is 0.470. The highest BCUT2D eigenvalue weighted by atomic mass is 35.5. The second-order valence-electron chi connectivity index (χ2n) is 5.59. The van der Waals surface area contributed by atoms with Gasteiger partial charge >= 0.3 is 0 Å². The minimum absolute atomic E-state index is 0.111. The third-order valence-corrected chi connectivity index (χ3v) is 4.13.